The zero-order valence-electron chi connectivity index (χ0n) is 22.6. The van der Waals surface area contributed by atoms with Gasteiger partial charge in [-0.25, -0.2) is 0 Å². The van der Waals surface area contributed by atoms with Gasteiger partial charge in [0.2, 0.25) is 0 Å². The molecule has 0 aliphatic carbocycles. The predicted octanol–water partition coefficient (Wildman–Crippen LogP) is 5.69. The normalized spacial score (nSPS) is 15.2. The molecule has 0 fully saturated rings. The van der Waals surface area contributed by atoms with Gasteiger partial charge >= 0.3 is 0 Å². The minimum absolute atomic E-state index is 1.20. The van der Waals surface area contributed by atoms with Crippen molar-refractivity contribution in [3.8, 4) is 0 Å². The second-order valence-electron chi connectivity index (χ2n) is 12.7. The summed E-state index contributed by atoms with van der Waals surface area (Å²) in [6.07, 6.45) is 0. The molecule has 0 saturated heterocycles. The van der Waals surface area contributed by atoms with Gasteiger partial charge in [0.25, 0.3) is 0 Å². The Bertz CT molecular complexity index is 1020. The molecule has 0 aliphatic rings. The molecule has 0 amide bonds. The first-order chi connectivity index (χ1) is 15.2. The highest BCUT2D eigenvalue weighted by atomic mass is 29.6. The van der Waals surface area contributed by atoms with E-state index in [4.69, 9.17) is 0 Å². The van der Waals surface area contributed by atoms with Crippen LogP contribution in [0, 0.1) is 0 Å². The second-order valence-corrected chi connectivity index (χ2v) is 55.0. The highest BCUT2D eigenvalue weighted by Crippen LogP contribution is 2.29. The summed E-state index contributed by atoms with van der Waals surface area (Å²) in [6.45, 7) is 26.2. The molecule has 0 aromatic heterocycles. The number of hydrogen-bond donors (Lipinski definition) is 0. The van der Waals surface area contributed by atoms with Crippen LogP contribution in [0.1, 0.15) is 0 Å². The first-order valence-corrected chi connectivity index (χ1v) is 30.4. The van der Waals surface area contributed by atoms with Gasteiger partial charge in [0.05, 0.1) is 14.7 Å². The quantitative estimate of drug-likeness (QED) is 0.351. The SMILES string of the molecule is C[Si](C)(C)[Si](C)(C)c1ccc([Si](C)([Si](C)(C)C)[Si](C)(c2ccccc2)c2ccccc2)cc1. The largest absolute Gasteiger partial charge is 0.110 e. The first kappa shape index (κ1) is 26.4. The summed E-state index contributed by atoms with van der Waals surface area (Å²) in [5, 5.41) is 6.55. The van der Waals surface area contributed by atoms with Crippen molar-refractivity contribution in [1.29, 1.82) is 0 Å². The molecule has 176 valence electrons. The molecule has 0 spiro atoms. The Hall–Kier alpha value is -1.26. The molecule has 0 bridgehead atoms. The maximum atomic E-state index is 2.75. The predicted molar refractivity (Wildman–Crippen MR) is 165 cm³/mol. The van der Waals surface area contributed by atoms with Crippen molar-refractivity contribution in [3.63, 3.8) is 0 Å². The van der Waals surface area contributed by atoms with E-state index in [9.17, 15) is 0 Å². The molecule has 0 aliphatic heterocycles. The average molecular weight is 521 g/mol. The summed E-state index contributed by atoms with van der Waals surface area (Å²) in [5.74, 6) is 0. The molecule has 5 heteroatoms. The fourth-order valence-electron chi connectivity index (χ4n) is 5.41. The monoisotopic (exact) mass is 520 g/mol. The number of benzene rings is 3. The van der Waals surface area contributed by atoms with Gasteiger partial charge in [0.15, 0.2) is 0 Å². The summed E-state index contributed by atoms with van der Waals surface area (Å²) in [4.78, 5) is 0. The highest BCUT2D eigenvalue weighted by molar-refractivity contribution is 7.77. The minimum atomic E-state index is -2.01. The van der Waals surface area contributed by atoms with Crippen molar-refractivity contribution >= 4 is 58.2 Å². The molecule has 0 N–H and O–H groups in total. The fourth-order valence-corrected chi connectivity index (χ4v) is 47.8. The van der Waals surface area contributed by atoms with Crippen LogP contribution < -0.4 is 20.7 Å². The van der Waals surface area contributed by atoms with Gasteiger partial charge in [-0.05, 0) is 0 Å². The van der Waals surface area contributed by atoms with Crippen LogP contribution >= 0.6 is 0 Å². The van der Waals surface area contributed by atoms with Crippen molar-refractivity contribution in [2.45, 2.75) is 65.5 Å². The maximum absolute atomic E-state index is 2.75. The summed E-state index contributed by atoms with van der Waals surface area (Å²) in [7, 11) is -8.03. The highest BCUT2D eigenvalue weighted by Gasteiger charge is 2.58. The van der Waals surface area contributed by atoms with E-state index < -0.39 is 37.5 Å². The Morgan fingerprint density at radius 1 is 0.364 bits per heavy atom. The zero-order valence-corrected chi connectivity index (χ0v) is 27.6. The molecular weight excluding hydrogens is 477 g/mol. The lowest BCUT2D eigenvalue weighted by molar-refractivity contribution is 1.67. The van der Waals surface area contributed by atoms with E-state index in [2.05, 4.69) is 150 Å². The van der Waals surface area contributed by atoms with Crippen LogP contribution in [0.15, 0.2) is 84.9 Å². The Balaban J connectivity index is 2.30. The third kappa shape index (κ3) is 4.43. The molecule has 1 unspecified atom stereocenters. The molecule has 0 heterocycles. The van der Waals surface area contributed by atoms with E-state index in [1.54, 1.807) is 20.7 Å². The van der Waals surface area contributed by atoms with E-state index in [1.165, 1.54) is 0 Å². The molecule has 33 heavy (non-hydrogen) atoms. The third-order valence-electron chi connectivity index (χ3n) is 9.26. The van der Waals surface area contributed by atoms with Gasteiger partial charge in [0.1, 0.15) is 7.59 Å². The molecule has 3 rings (SSSR count). The van der Waals surface area contributed by atoms with Crippen molar-refractivity contribution < 1.29 is 0 Å². The van der Waals surface area contributed by atoms with E-state index in [1.807, 2.05) is 0 Å². The first-order valence-electron chi connectivity index (χ1n) is 12.4. The Morgan fingerprint density at radius 3 is 1.06 bits per heavy atom. The van der Waals surface area contributed by atoms with Crippen molar-refractivity contribution in [2.24, 2.45) is 0 Å². The van der Waals surface area contributed by atoms with Crippen LogP contribution in [0.2, 0.25) is 65.5 Å². The van der Waals surface area contributed by atoms with Crippen LogP contribution in [0.5, 0.6) is 0 Å². The van der Waals surface area contributed by atoms with Gasteiger partial charge in [0, 0.05) is 15.2 Å². The van der Waals surface area contributed by atoms with Gasteiger partial charge < -0.3 is 0 Å². The van der Waals surface area contributed by atoms with E-state index in [0.29, 0.717) is 0 Å². The summed E-state index contributed by atoms with van der Waals surface area (Å²) in [6, 6.07) is 33.4. The average Bonchev–Trinajstić information content (AvgIpc) is 2.77. The maximum Gasteiger partial charge on any atom is 0.110 e. The van der Waals surface area contributed by atoms with Gasteiger partial charge in [-0.3, -0.25) is 0 Å². The van der Waals surface area contributed by atoms with Crippen molar-refractivity contribution in [3.05, 3.63) is 84.9 Å². The third-order valence-corrected chi connectivity index (χ3v) is 66.1. The summed E-state index contributed by atoms with van der Waals surface area (Å²) in [5.41, 5.74) is 0. The lowest BCUT2D eigenvalue weighted by atomic mass is 10.4. The Morgan fingerprint density at radius 2 is 0.727 bits per heavy atom. The number of rotatable bonds is 7. The molecule has 3 aromatic carbocycles. The van der Waals surface area contributed by atoms with Crippen molar-refractivity contribution in [1.82, 2.24) is 0 Å². The van der Waals surface area contributed by atoms with Gasteiger partial charge in [-0.2, -0.15) is 0 Å². The summed E-state index contributed by atoms with van der Waals surface area (Å²) < 4.78 is 0. The molecule has 0 radical (unpaired) electrons. The van der Waals surface area contributed by atoms with Crippen LogP contribution in [-0.4, -0.2) is 37.5 Å². The standard InChI is InChI=1S/C28H44Si5/c1-29(2,3)31(7,8)25-21-23-28(24-22-25)33(10,30(4,5)6)32(9,26-17-13-11-14-18-26)27-19-15-12-16-20-27/h11-24H,1-10H3. The number of hydrogen-bond acceptors (Lipinski definition) is 0. The van der Waals surface area contributed by atoms with Crippen LogP contribution in [0.25, 0.3) is 0 Å². The molecule has 0 saturated carbocycles. The van der Waals surface area contributed by atoms with E-state index in [0.717, 1.165) is 0 Å². The van der Waals surface area contributed by atoms with Crippen molar-refractivity contribution in [2.75, 3.05) is 0 Å². The second kappa shape index (κ2) is 9.08. The molecular formula is C28H44Si5. The smallest absolute Gasteiger partial charge is 0.0713 e. The molecule has 0 nitrogen and oxygen atoms in total. The topological polar surface area (TPSA) is 0 Å². The van der Waals surface area contributed by atoms with Gasteiger partial charge in [-0.1, -0.05) is 171 Å². The zero-order chi connectivity index (χ0) is 24.7. The lowest BCUT2D eigenvalue weighted by Crippen LogP contribution is -2.86. The van der Waals surface area contributed by atoms with E-state index in [-0.39, 0.29) is 0 Å². The minimum Gasteiger partial charge on any atom is -0.0713 e. The van der Waals surface area contributed by atoms with Gasteiger partial charge in [-0.15, -0.1) is 0 Å². The summed E-state index contributed by atoms with van der Waals surface area (Å²) >= 11 is 0. The van der Waals surface area contributed by atoms with E-state index >= 15 is 0 Å². The Kier molecular flexibility index (Phi) is 7.25. The molecule has 1 atom stereocenters. The fraction of sp³-hybridized carbons (Fsp3) is 0.357. The van der Waals surface area contributed by atoms with Crippen LogP contribution in [-0.2, 0) is 0 Å². The van der Waals surface area contributed by atoms with Crippen LogP contribution in [0.4, 0.5) is 0 Å². The molecule has 3 aromatic rings. The Labute approximate surface area is 207 Å². The van der Waals surface area contributed by atoms with Crippen LogP contribution in [0.3, 0.4) is 0 Å². The lowest BCUT2D eigenvalue weighted by Gasteiger charge is -2.52.